The molecule has 0 aromatic heterocycles. The summed E-state index contributed by atoms with van der Waals surface area (Å²) in [6.07, 6.45) is 4.04. The number of anilines is 1. The van der Waals surface area contributed by atoms with Crippen LogP contribution < -0.4 is 10.1 Å². The summed E-state index contributed by atoms with van der Waals surface area (Å²) < 4.78 is 5.22. The van der Waals surface area contributed by atoms with Crippen molar-refractivity contribution in [1.82, 2.24) is 9.80 Å². The SMILES string of the molecule is COc1cccc(NC(=N[C@H]2CCCCN(CC(=O)N3CCCC3)C2=O)C(C#N)C#N)c1. The summed E-state index contributed by atoms with van der Waals surface area (Å²) in [6.45, 7) is 2.03. The molecule has 1 atom stereocenters. The molecule has 168 valence electrons. The van der Waals surface area contributed by atoms with Crippen molar-refractivity contribution >= 4 is 23.3 Å². The van der Waals surface area contributed by atoms with E-state index in [1.54, 1.807) is 41.2 Å². The van der Waals surface area contributed by atoms with Gasteiger partial charge in [0.05, 0.1) is 25.8 Å². The van der Waals surface area contributed by atoms with Crippen LogP contribution in [0.1, 0.15) is 32.1 Å². The number of methoxy groups -OCH3 is 1. The molecule has 0 aliphatic carbocycles. The molecule has 1 aromatic carbocycles. The summed E-state index contributed by atoms with van der Waals surface area (Å²) >= 11 is 0. The Balaban J connectivity index is 1.81. The highest BCUT2D eigenvalue weighted by molar-refractivity contribution is 6.02. The zero-order valence-electron chi connectivity index (χ0n) is 18.3. The third-order valence-corrected chi connectivity index (χ3v) is 5.71. The number of hydrogen-bond acceptors (Lipinski definition) is 6. The number of nitrogens with zero attached hydrogens (tertiary/aromatic N) is 5. The third kappa shape index (κ3) is 5.76. The number of nitrogens with one attached hydrogen (secondary N) is 1. The van der Waals surface area contributed by atoms with Gasteiger partial charge in [0.1, 0.15) is 17.6 Å². The van der Waals surface area contributed by atoms with Crippen LogP contribution in [-0.2, 0) is 9.59 Å². The molecular weight excluding hydrogens is 408 g/mol. The second kappa shape index (κ2) is 11.1. The fourth-order valence-electron chi connectivity index (χ4n) is 3.94. The molecule has 0 spiro atoms. The number of aliphatic imine (C=N–C) groups is 1. The third-order valence-electron chi connectivity index (χ3n) is 5.71. The number of carbonyl (C=O) groups excluding carboxylic acids is 2. The van der Waals surface area contributed by atoms with Gasteiger partial charge in [0.15, 0.2) is 5.92 Å². The Bertz CT molecular complexity index is 928. The molecule has 2 amide bonds. The van der Waals surface area contributed by atoms with Gasteiger partial charge in [0.25, 0.3) is 0 Å². The summed E-state index contributed by atoms with van der Waals surface area (Å²) in [5.74, 6) is -0.708. The van der Waals surface area contributed by atoms with Crippen molar-refractivity contribution in [2.24, 2.45) is 10.9 Å². The maximum absolute atomic E-state index is 13.2. The highest BCUT2D eigenvalue weighted by Crippen LogP contribution is 2.20. The van der Waals surface area contributed by atoms with Gasteiger partial charge in [-0.25, -0.2) is 0 Å². The molecule has 2 fully saturated rings. The highest BCUT2D eigenvalue weighted by Gasteiger charge is 2.31. The van der Waals surface area contributed by atoms with E-state index in [4.69, 9.17) is 4.74 Å². The van der Waals surface area contributed by atoms with Gasteiger partial charge < -0.3 is 19.9 Å². The number of amides is 2. The van der Waals surface area contributed by atoms with Gasteiger partial charge in [-0.05, 0) is 44.2 Å². The van der Waals surface area contributed by atoms with Crippen molar-refractivity contribution in [3.63, 3.8) is 0 Å². The Morgan fingerprint density at radius 3 is 2.62 bits per heavy atom. The number of rotatable bonds is 6. The van der Waals surface area contributed by atoms with E-state index in [-0.39, 0.29) is 24.2 Å². The molecule has 0 radical (unpaired) electrons. The van der Waals surface area contributed by atoms with Crippen LogP contribution in [0.2, 0.25) is 0 Å². The lowest BCUT2D eigenvalue weighted by molar-refractivity contribution is -0.140. The highest BCUT2D eigenvalue weighted by atomic mass is 16.5. The number of likely N-dealkylation sites (tertiary alicyclic amines) is 2. The topological polar surface area (TPSA) is 122 Å². The first-order valence-corrected chi connectivity index (χ1v) is 10.9. The summed E-state index contributed by atoms with van der Waals surface area (Å²) in [6, 6.07) is 10.1. The monoisotopic (exact) mass is 436 g/mol. The van der Waals surface area contributed by atoms with Gasteiger partial charge in [0, 0.05) is 31.4 Å². The zero-order chi connectivity index (χ0) is 22.9. The van der Waals surface area contributed by atoms with E-state index in [1.807, 2.05) is 12.1 Å². The van der Waals surface area contributed by atoms with E-state index in [0.717, 1.165) is 38.8 Å². The molecule has 9 nitrogen and oxygen atoms in total. The molecule has 0 saturated carbocycles. The van der Waals surface area contributed by atoms with E-state index < -0.39 is 12.0 Å². The number of amidine groups is 1. The van der Waals surface area contributed by atoms with Gasteiger partial charge in [-0.1, -0.05) is 6.07 Å². The first-order chi connectivity index (χ1) is 15.5. The minimum atomic E-state index is -1.16. The van der Waals surface area contributed by atoms with Crippen molar-refractivity contribution in [3.8, 4) is 17.9 Å². The molecule has 0 unspecified atom stereocenters. The smallest absolute Gasteiger partial charge is 0.247 e. The minimum Gasteiger partial charge on any atom is -0.497 e. The minimum absolute atomic E-state index is 0.0397. The fraction of sp³-hybridized carbons (Fsp3) is 0.522. The Labute approximate surface area is 188 Å². The molecule has 1 aromatic rings. The molecule has 1 N–H and O–H groups in total. The van der Waals surface area contributed by atoms with Gasteiger partial charge in [-0.2, -0.15) is 10.5 Å². The second-order valence-electron chi connectivity index (χ2n) is 7.92. The second-order valence-corrected chi connectivity index (χ2v) is 7.92. The van der Waals surface area contributed by atoms with Crippen molar-refractivity contribution in [2.75, 3.05) is 38.6 Å². The summed E-state index contributed by atoms with van der Waals surface area (Å²) in [5, 5.41) is 21.9. The number of carbonyl (C=O) groups is 2. The Morgan fingerprint density at radius 2 is 1.94 bits per heavy atom. The molecular formula is C23H28N6O3. The lowest BCUT2D eigenvalue weighted by atomic mass is 10.1. The maximum atomic E-state index is 13.2. The van der Waals surface area contributed by atoms with Gasteiger partial charge >= 0.3 is 0 Å². The van der Waals surface area contributed by atoms with Crippen LogP contribution in [0.4, 0.5) is 5.69 Å². The molecule has 3 rings (SSSR count). The normalized spacial score (nSPS) is 19.3. The van der Waals surface area contributed by atoms with Crippen LogP contribution in [0, 0.1) is 28.6 Å². The first kappa shape index (κ1) is 23.1. The van der Waals surface area contributed by atoms with Crippen LogP contribution in [0.5, 0.6) is 5.75 Å². The van der Waals surface area contributed by atoms with Crippen LogP contribution in [0.25, 0.3) is 0 Å². The standard InChI is InChI=1S/C23H28N6O3/c1-32-19-8-6-7-18(13-19)26-22(17(14-24)15-25)27-20-9-2-3-12-29(23(20)31)16-21(30)28-10-4-5-11-28/h6-8,13,17,20H,2-5,9-12,16H2,1H3,(H,26,27)/t20-/m0/s1. The number of nitriles is 2. The Hall–Kier alpha value is -3.59. The van der Waals surface area contributed by atoms with Crippen LogP contribution in [0.3, 0.4) is 0 Å². The summed E-state index contributed by atoms with van der Waals surface area (Å²) in [7, 11) is 1.55. The molecule has 2 heterocycles. The van der Waals surface area contributed by atoms with E-state index in [2.05, 4.69) is 10.3 Å². The number of hydrogen-bond donors (Lipinski definition) is 1. The molecule has 32 heavy (non-hydrogen) atoms. The maximum Gasteiger partial charge on any atom is 0.247 e. The van der Waals surface area contributed by atoms with Gasteiger partial charge in [0.2, 0.25) is 11.8 Å². The van der Waals surface area contributed by atoms with E-state index in [1.165, 1.54) is 0 Å². The van der Waals surface area contributed by atoms with Crippen LogP contribution >= 0.6 is 0 Å². The quantitative estimate of drug-likeness (QED) is 0.539. The zero-order valence-corrected chi connectivity index (χ0v) is 18.3. The van der Waals surface area contributed by atoms with Gasteiger partial charge in [-0.3, -0.25) is 14.6 Å². The molecule has 2 saturated heterocycles. The van der Waals surface area contributed by atoms with E-state index >= 15 is 0 Å². The van der Waals surface area contributed by atoms with E-state index in [9.17, 15) is 20.1 Å². The molecule has 2 aliphatic heterocycles. The lowest BCUT2D eigenvalue weighted by Gasteiger charge is -2.25. The number of ether oxygens (including phenoxy) is 1. The average molecular weight is 437 g/mol. The first-order valence-electron chi connectivity index (χ1n) is 10.9. The van der Waals surface area contributed by atoms with Crippen LogP contribution in [0.15, 0.2) is 29.3 Å². The summed E-state index contributed by atoms with van der Waals surface area (Å²) in [5.41, 5.74) is 0.598. The van der Waals surface area contributed by atoms with Gasteiger partial charge in [-0.15, -0.1) is 0 Å². The largest absolute Gasteiger partial charge is 0.497 e. The Morgan fingerprint density at radius 1 is 1.22 bits per heavy atom. The molecule has 2 aliphatic rings. The van der Waals surface area contributed by atoms with Crippen molar-refractivity contribution in [3.05, 3.63) is 24.3 Å². The fourth-order valence-corrected chi connectivity index (χ4v) is 3.94. The molecule has 9 heteroatoms. The van der Waals surface area contributed by atoms with Crippen molar-refractivity contribution < 1.29 is 14.3 Å². The molecule has 0 bridgehead atoms. The summed E-state index contributed by atoms with van der Waals surface area (Å²) in [4.78, 5) is 33.7. The van der Waals surface area contributed by atoms with E-state index in [0.29, 0.717) is 24.4 Å². The van der Waals surface area contributed by atoms with Crippen molar-refractivity contribution in [1.29, 1.82) is 10.5 Å². The Kier molecular flexibility index (Phi) is 8.04. The predicted molar refractivity (Wildman–Crippen MR) is 119 cm³/mol. The average Bonchev–Trinajstić information content (AvgIpc) is 3.30. The van der Waals surface area contributed by atoms with Crippen molar-refractivity contribution in [2.45, 2.75) is 38.1 Å². The lowest BCUT2D eigenvalue weighted by Crippen LogP contribution is -2.45. The predicted octanol–water partition coefficient (Wildman–Crippen LogP) is 2.17. The van der Waals surface area contributed by atoms with Crippen LogP contribution in [-0.4, -0.2) is 66.8 Å². The number of benzene rings is 1.